The van der Waals surface area contributed by atoms with Gasteiger partial charge < -0.3 is 19.3 Å². The molecule has 2 saturated heterocycles. The minimum atomic E-state index is -1.66. The van der Waals surface area contributed by atoms with Crippen molar-refractivity contribution in [2.45, 2.75) is 95.2 Å². The van der Waals surface area contributed by atoms with Crippen molar-refractivity contribution in [3.63, 3.8) is 0 Å². The number of unbranched alkanes of at least 4 members (excludes halogenated alkanes) is 7. The summed E-state index contributed by atoms with van der Waals surface area (Å²) in [5.74, 6) is -1.33. The number of cyclic esters (lactones) is 1. The van der Waals surface area contributed by atoms with Crippen LogP contribution < -0.4 is 0 Å². The molecule has 0 saturated carbocycles. The zero-order chi connectivity index (χ0) is 17.6. The number of methoxy groups -OCH3 is 1. The van der Waals surface area contributed by atoms with Crippen LogP contribution in [0.25, 0.3) is 0 Å². The smallest absolute Gasteiger partial charge is 0.346 e. The summed E-state index contributed by atoms with van der Waals surface area (Å²) in [6.07, 6.45) is 7.74. The first-order valence-corrected chi connectivity index (χ1v) is 9.19. The van der Waals surface area contributed by atoms with Gasteiger partial charge in [-0.3, -0.25) is 4.79 Å². The average Bonchev–Trinajstić information content (AvgIpc) is 3.02. The normalized spacial score (nSPS) is 32.7. The predicted molar refractivity (Wildman–Crippen MR) is 87.4 cm³/mol. The zero-order valence-electron chi connectivity index (χ0n) is 14.8. The molecule has 0 radical (unpaired) electrons. The van der Waals surface area contributed by atoms with E-state index in [0.717, 1.165) is 19.3 Å². The number of carbonyl (C=O) groups excluding carboxylic acids is 2. The van der Waals surface area contributed by atoms with E-state index in [-0.39, 0.29) is 12.5 Å². The monoisotopic (exact) mass is 342 g/mol. The quantitative estimate of drug-likeness (QED) is 0.373. The molecule has 2 rings (SSSR count). The second-order valence-corrected chi connectivity index (χ2v) is 6.85. The lowest BCUT2D eigenvalue weighted by Gasteiger charge is -2.16. The lowest BCUT2D eigenvalue weighted by Crippen LogP contribution is -2.43. The number of rotatable bonds is 10. The molecule has 0 aliphatic carbocycles. The summed E-state index contributed by atoms with van der Waals surface area (Å²) in [6, 6.07) is 0. The SMILES string of the molecule is CCCCCCCCCC[C@@H]1C[C@]2(O[C@H](OC)[C@@H](O)C2=O)C(=O)O1. The third-order valence-corrected chi connectivity index (χ3v) is 4.97. The number of hydrogen-bond donors (Lipinski definition) is 1. The molecule has 0 unspecified atom stereocenters. The molecule has 6 nitrogen and oxygen atoms in total. The van der Waals surface area contributed by atoms with Crippen LogP contribution in [-0.2, 0) is 23.8 Å². The van der Waals surface area contributed by atoms with Crippen LogP contribution in [0.15, 0.2) is 0 Å². The van der Waals surface area contributed by atoms with E-state index in [1.54, 1.807) is 0 Å². The number of ether oxygens (including phenoxy) is 3. The number of Topliss-reactive ketones (excluding diaryl/α,β-unsaturated/α-hetero) is 1. The van der Waals surface area contributed by atoms with Crippen molar-refractivity contribution in [1.82, 2.24) is 0 Å². The third-order valence-electron chi connectivity index (χ3n) is 4.97. The number of ketones is 1. The van der Waals surface area contributed by atoms with Crippen LogP contribution in [0.1, 0.15) is 71.1 Å². The highest BCUT2D eigenvalue weighted by Crippen LogP contribution is 2.39. The van der Waals surface area contributed by atoms with Gasteiger partial charge in [-0.15, -0.1) is 0 Å². The molecule has 1 spiro atoms. The van der Waals surface area contributed by atoms with Gasteiger partial charge in [0.2, 0.25) is 11.4 Å². The van der Waals surface area contributed by atoms with Crippen LogP contribution >= 0.6 is 0 Å². The average molecular weight is 342 g/mol. The Kier molecular flexibility index (Phi) is 7.19. The van der Waals surface area contributed by atoms with E-state index in [0.29, 0.717) is 0 Å². The van der Waals surface area contributed by atoms with Crippen LogP contribution in [0.2, 0.25) is 0 Å². The van der Waals surface area contributed by atoms with E-state index in [4.69, 9.17) is 14.2 Å². The second-order valence-electron chi connectivity index (χ2n) is 6.85. The summed E-state index contributed by atoms with van der Waals surface area (Å²) >= 11 is 0. The van der Waals surface area contributed by atoms with E-state index in [9.17, 15) is 14.7 Å². The molecule has 0 amide bonds. The van der Waals surface area contributed by atoms with Gasteiger partial charge in [-0.2, -0.15) is 0 Å². The maximum atomic E-state index is 12.2. The van der Waals surface area contributed by atoms with E-state index in [1.807, 2.05) is 0 Å². The molecule has 4 atom stereocenters. The number of carbonyl (C=O) groups is 2. The molecule has 138 valence electrons. The summed E-state index contributed by atoms with van der Waals surface area (Å²) in [5.41, 5.74) is -1.66. The molecule has 0 aromatic carbocycles. The van der Waals surface area contributed by atoms with Gasteiger partial charge in [-0.1, -0.05) is 51.9 Å². The van der Waals surface area contributed by atoms with Gasteiger partial charge in [0, 0.05) is 13.5 Å². The molecule has 24 heavy (non-hydrogen) atoms. The van der Waals surface area contributed by atoms with E-state index < -0.39 is 29.7 Å². The summed E-state index contributed by atoms with van der Waals surface area (Å²) in [6.45, 7) is 2.21. The van der Waals surface area contributed by atoms with E-state index in [2.05, 4.69) is 6.92 Å². The van der Waals surface area contributed by atoms with Crippen LogP contribution in [-0.4, -0.2) is 48.1 Å². The Morgan fingerprint density at radius 1 is 1.12 bits per heavy atom. The fourth-order valence-corrected chi connectivity index (χ4v) is 3.52. The Labute approximate surface area is 143 Å². The Morgan fingerprint density at radius 3 is 2.33 bits per heavy atom. The fourth-order valence-electron chi connectivity index (χ4n) is 3.52. The molecule has 2 fully saturated rings. The van der Waals surface area contributed by atoms with Gasteiger partial charge in [-0.05, 0) is 12.8 Å². The van der Waals surface area contributed by atoms with Crippen molar-refractivity contribution in [3.8, 4) is 0 Å². The number of aliphatic hydroxyl groups excluding tert-OH is 1. The minimum Gasteiger partial charge on any atom is -0.460 e. The predicted octanol–water partition coefficient (Wildman–Crippen LogP) is 2.50. The molecule has 2 aliphatic heterocycles. The van der Waals surface area contributed by atoms with Gasteiger partial charge in [-0.25, -0.2) is 4.79 Å². The lowest BCUT2D eigenvalue weighted by atomic mass is 9.92. The Balaban J connectivity index is 1.70. The second kappa shape index (κ2) is 8.92. The number of esters is 1. The summed E-state index contributed by atoms with van der Waals surface area (Å²) in [7, 11) is 1.33. The van der Waals surface area contributed by atoms with Gasteiger partial charge >= 0.3 is 5.97 Å². The van der Waals surface area contributed by atoms with Crippen molar-refractivity contribution in [1.29, 1.82) is 0 Å². The van der Waals surface area contributed by atoms with Crippen LogP contribution in [0, 0.1) is 0 Å². The molecule has 2 aliphatic rings. The molecule has 2 heterocycles. The molecular formula is C18H30O6. The third kappa shape index (κ3) is 4.16. The Bertz CT molecular complexity index is 437. The van der Waals surface area contributed by atoms with Crippen molar-refractivity contribution in [2.24, 2.45) is 0 Å². The maximum absolute atomic E-state index is 12.2. The first-order valence-electron chi connectivity index (χ1n) is 9.19. The van der Waals surface area contributed by atoms with Crippen LogP contribution in [0.5, 0.6) is 0 Å². The highest BCUT2D eigenvalue weighted by atomic mass is 16.7. The van der Waals surface area contributed by atoms with Gasteiger partial charge in [0.05, 0.1) is 0 Å². The van der Waals surface area contributed by atoms with Crippen molar-refractivity contribution in [2.75, 3.05) is 7.11 Å². The van der Waals surface area contributed by atoms with Crippen molar-refractivity contribution in [3.05, 3.63) is 0 Å². The van der Waals surface area contributed by atoms with Crippen LogP contribution in [0.3, 0.4) is 0 Å². The summed E-state index contributed by atoms with van der Waals surface area (Å²) in [4.78, 5) is 24.3. The minimum absolute atomic E-state index is 0.179. The highest BCUT2D eigenvalue weighted by molar-refractivity contribution is 6.11. The largest absolute Gasteiger partial charge is 0.460 e. The Morgan fingerprint density at radius 2 is 1.75 bits per heavy atom. The van der Waals surface area contributed by atoms with Gasteiger partial charge in [0.25, 0.3) is 0 Å². The molecule has 0 aromatic rings. The molecule has 0 aromatic heterocycles. The first-order chi connectivity index (χ1) is 11.5. The zero-order valence-corrected chi connectivity index (χ0v) is 14.8. The van der Waals surface area contributed by atoms with Crippen molar-refractivity contribution < 1.29 is 28.9 Å². The molecular weight excluding hydrogens is 312 g/mol. The van der Waals surface area contributed by atoms with E-state index >= 15 is 0 Å². The Hall–Kier alpha value is -0.980. The highest BCUT2D eigenvalue weighted by Gasteiger charge is 2.64. The lowest BCUT2D eigenvalue weighted by molar-refractivity contribution is -0.187. The van der Waals surface area contributed by atoms with Crippen LogP contribution in [0.4, 0.5) is 0 Å². The number of aliphatic hydroxyl groups is 1. The van der Waals surface area contributed by atoms with E-state index in [1.165, 1.54) is 45.6 Å². The molecule has 1 N–H and O–H groups in total. The maximum Gasteiger partial charge on any atom is 0.346 e. The van der Waals surface area contributed by atoms with Gasteiger partial charge in [0.1, 0.15) is 6.10 Å². The molecule has 6 heteroatoms. The number of hydrogen-bond acceptors (Lipinski definition) is 6. The fraction of sp³-hybridized carbons (Fsp3) is 0.889. The summed E-state index contributed by atoms with van der Waals surface area (Å²) in [5, 5.41) is 9.81. The van der Waals surface area contributed by atoms with Gasteiger partial charge in [0.15, 0.2) is 12.4 Å². The standard InChI is InChI=1S/C18H30O6/c1-3-4-5-6-7-8-9-10-11-13-12-18(17(21)23-13)15(20)14(19)16(22-2)24-18/h13-14,16,19H,3-12H2,1-2H3/t13-,14+,16+,18-/m1/s1. The summed E-state index contributed by atoms with van der Waals surface area (Å²) < 4.78 is 15.6. The molecule has 0 bridgehead atoms. The first kappa shape index (κ1) is 19.3. The topological polar surface area (TPSA) is 82.1 Å². The van der Waals surface area contributed by atoms with Crippen molar-refractivity contribution >= 4 is 11.8 Å².